The Balaban J connectivity index is 2.26. The maximum absolute atomic E-state index is 11.2. The van der Waals surface area contributed by atoms with Crippen molar-refractivity contribution in [3.8, 4) is 0 Å². The monoisotopic (exact) mass is 211 g/mol. The number of carbonyl (C=O) groups is 2. The molecule has 0 saturated carbocycles. The zero-order valence-corrected chi connectivity index (χ0v) is 8.40. The van der Waals surface area contributed by atoms with E-state index in [1.807, 2.05) is 0 Å². The smallest absolute Gasteiger partial charge is 0.315 e. The molecule has 1 rings (SSSR count). The van der Waals surface area contributed by atoms with Crippen molar-refractivity contribution < 1.29 is 19.1 Å². The fraction of sp³-hybridized carbons (Fsp3) is 0.400. The Morgan fingerprint density at radius 2 is 2.33 bits per heavy atom. The number of nitrogens with one attached hydrogen (secondary N) is 1. The SMILES string of the molecule is CC(C(=O)O)C(=O)NCCc1ccco1. The number of amides is 1. The summed E-state index contributed by atoms with van der Waals surface area (Å²) in [5.74, 6) is -1.85. The Bertz CT molecular complexity index is 331. The van der Waals surface area contributed by atoms with Gasteiger partial charge >= 0.3 is 5.97 Å². The molecular weight excluding hydrogens is 198 g/mol. The van der Waals surface area contributed by atoms with Crippen LogP contribution in [0.3, 0.4) is 0 Å². The number of carbonyl (C=O) groups excluding carboxylic acids is 1. The Labute approximate surface area is 87.1 Å². The van der Waals surface area contributed by atoms with Crippen molar-refractivity contribution in [1.82, 2.24) is 5.32 Å². The molecule has 5 heteroatoms. The fourth-order valence-electron chi connectivity index (χ4n) is 1.03. The fourth-order valence-corrected chi connectivity index (χ4v) is 1.03. The maximum atomic E-state index is 11.2. The summed E-state index contributed by atoms with van der Waals surface area (Å²) in [7, 11) is 0. The van der Waals surface area contributed by atoms with Gasteiger partial charge in [-0.3, -0.25) is 9.59 Å². The molecule has 0 bridgehead atoms. The zero-order chi connectivity index (χ0) is 11.3. The Hall–Kier alpha value is -1.78. The van der Waals surface area contributed by atoms with Crippen LogP contribution < -0.4 is 5.32 Å². The third-order valence-electron chi connectivity index (χ3n) is 2.01. The second kappa shape index (κ2) is 5.19. The first kappa shape index (κ1) is 11.3. The molecule has 0 saturated heterocycles. The van der Waals surface area contributed by atoms with Crippen LogP contribution in [0.25, 0.3) is 0 Å². The van der Waals surface area contributed by atoms with E-state index in [-0.39, 0.29) is 0 Å². The van der Waals surface area contributed by atoms with Gasteiger partial charge < -0.3 is 14.8 Å². The van der Waals surface area contributed by atoms with E-state index in [4.69, 9.17) is 9.52 Å². The van der Waals surface area contributed by atoms with Gasteiger partial charge in [-0.2, -0.15) is 0 Å². The molecule has 5 nitrogen and oxygen atoms in total. The van der Waals surface area contributed by atoms with Crippen molar-refractivity contribution in [3.63, 3.8) is 0 Å². The molecule has 1 aromatic heterocycles. The first-order chi connectivity index (χ1) is 7.11. The molecule has 0 aliphatic heterocycles. The number of furan rings is 1. The number of carboxylic acids is 1. The van der Waals surface area contributed by atoms with Gasteiger partial charge in [0, 0.05) is 13.0 Å². The van der Waals surface area contributed by atoms with Crippen LogP contribution >= 0.6 is 0 Å². The summed E-state index contributed by atoms with van der Waals surface area (Å²) in [6.07, 6.45) is 2.11. The summed E-state index contributed by atoms with van der Waals surface area (Å²) in [5.41, 5.74) is 0. The van der Waals surface area contributed by atoms with E-state index in [9.17, 15) is 9.59 Å². The first-order valence-corrected chi connectivity index (χ1v) is 4.64. The summed E-state index contributed by atoms with van der Waals surface area (Å²) in [6.45, 7) is 1.73. The number of hydrogen-bond donors (Lipinski definition) is 2. The Kier molecular flexibility index (Phi) is 3.91. The molecule has 1 atom stereocenters. The number of rotatable bonds is 5. The maximum Gasteiger partial charge on any atom is 0.315 e. The van der Waals surface area contributed by atoms with E-state index in [1.54, 1.807) is 18.4 Å². The molecule has 82 valence electrons. The first-order valence-electron chi connectivity index (χ1n) is 4.64. The largest absolute Gasteiger partial charge is 0.481 e. The molecule has 0 aliphatic carbocycles. The van der Waals surface area contributed by atoms with Gasteiger partial charge in [0.05, 0.1) is 6.26 Å². The van der Waals surface area contributed by atoms with Gasteiger partial charge in [-0.05, 0) is 19.1 Å². The highest BCUT2D eigenvalue weighted by atomic mass is 16.4. The molecule has 1 heterocycles. The van der Waals surface area contributed by atoms with Gasteiger partial charge in [-0.15, -0.1) is 0 Å². The van der Waals surface area contributed by atoms with Crippen molar-refractivity contribution in [2.75, 3.05) is 6.54 Å². The van der Waals surface area contributed by atoms with Crippen molar-refractivity contribution in [3.05, 3.63) is 24.2 Å². The number of aliphatic carboxylic acids is 1. The van der Waals surface area contributed by atoms with Crippen LogP contribution in [0.4, 0.5) is 0 Å². The molecule has 0 spiro atoms. The van der Waals surface area contributed by atoms with Crippen LogP contribution in [0.2, 0.25) is 0 Å². The summed E-state index contributed by atoms with van der Waals surface area (Å²) in [5, 5.41) is 11.1. The minimum absolute atomic E-state index is 0.379. The van der Waals surface area contributed by atoms with Crippen LogP contribution in [-0.4, -0.2) is 23.5 Å². The van der Waals surface area contributed by atoms with E-state index in [1.165, 1.54) is 6.92 Å². The van der Waals surface area contributed by atoms with E-state index in [0.29, 0.717) is 13.0 Å². The molecule has 15 heavy (non-hydrogen) atoms. The molecule has 1 aromatic rings. The molecule has 1 unspecified atom stereocenters. The van der Waals surface area contributed by atoms with Crippen LogP contribution in [0.15, 0.2) is 22.8 Å². The normalized spacial score (nSPS) is 12.1. The van der Waals surface area contributed by atoms with Crippen molar-refractivity contribution >= 4 is 11.9 Å². The van der Waals surface area contributed by atoms with E-state index in [2.05, 4.69) is 5.32 Å². The van der Waals surface area contributed by atoms with Crippen LogP contribution in [0.5, 0.6) is 0 Å². The van der Waals surface area contributed by atoms with Gasteiger partial charge in [-0.25, -0.2) is 0 Å². The second-order valence-corrected chi connectivity index (χ2v) is 3.18. The molecule has 1 amide bonds. The molecule has 0 aromatic carbocycles. The van der Waals surface area contributed by atoms with Crippen LogP contribution in [0, 0.1) is 5.92 Å². The molecular formula is C10H13NO4. The Morgan fingerprint density at radius 3 is 2.87 bits per heavy atom. The average molecular weight is 211 g/mol. The lowest BCUT2D eigenvalue weighted by molar-refractivity contribution is -0.146. The highest BCUT2D eigenvalue weighted by Gasteiger charge is 2.19. The number of carboxylic acid groups (broad SMARTS) is 1. The van der Waals surface area contributed by atoms with Gasteiger partial charge in [-0.1, -0.05) is 0 Å². The standard InChI is InChI=1S/C10H13NO4/c1-7(10(13)14)9(12)11-5-4-8-3-2-6-15-8/h2-3,6-7H,4-5H2,1H3,(H,11,12)(H,13,14). The predicted octanol–water partition coefficient (Wildman–Crippen LogP) is 0.659. The van der Waals surface area contributed by atoms with Gasteiger partial charge in [0.15, 0.2) is 0 Å². The van der Waals surface area contributed by atoms with Crippen molar-refractivity contribution in [2.45, 2.75) is 13.3 Å². The lowest BCUT2D eigenvalue weighted by Gasteiger charge is -2.06. The quantitative estimate of drug-likeness (QED) is 0.701. The summed E-state index contributed by atoms with van der Waals surface area (Å²) in [6, 6.07) is 3.56. The molecule has 0 fully saturated rings. The Morgan fingerprint density at radius 1 is 1.60 bits per heavy atom. The highest BCUT2D eigenvalue weighted by molar-refractivity contribution is 5.96. The van der Waals surface area contributed by atoms with Gasteiger partial charge in [0.1, 0.15) is 11.7 Å². The highest BCUT2D eigenvalue weighted by Crippen LogP contribution is 2.00. The van der Waals surface area contributed by atoms with E-state index < -0.39 is 17.8 Å². The summed E-state index contributed by atoms with van der Waals surface area (Å²) >= 11 is 0. The molecule has 0 aliphatic rings. The minimum Gasteiger partial charge on any atom is -0.481 e. The van der Waals surface area contributed by atoms with Crippen molar-refractivity contribution in [1.29, 1.82) is 0 Å². The summed E-state index contributed by atoms with van der Waals surface area (Å²) < 4.78 is 5.06. The van der Waals surface area contributed by atoms with Gasteiger partial charge in [0.2, 0.25) is 5.91 Å². The predicted molar refractivity (Wildman–Crippen MR) is 52.2 cm³/mol. The van der Waals surface area contributed by atoms with Crippen LogP contribution in [0.1, 0.15) is 12.7 Å². The lowest BCUT2D eigenvalue weighted by atomic mass is 10.1. The number of hydrogen-bond acceptors (Lipinski definition) is 3. The molecule has 2 N–H and O–H groups in total. The second-order valence-electron chi connectivity index (χ2n) is 3.18. The summed E-state index contributed by atoms with van der Waals surface area (Å²) in [4.78, 5) is 21.6. The lowest BCUT2D eigenvalue weighted by Crippen LogP contribution is -2.34. The van der Waals surface area contributed by atoms with E-state index in [0.717, 1.165) is 5.76 Å². The topological polar surface area (TPSA) is 79.5 Å². The van der Waals surface area contributed by atoms with Gasteiger partial charge in [0.25, 0.3) is 0 Å². The zero-order valence-electron chi connectivity index (χ0n) is 8.40. The van der Waals surface area contributed by atoms with Crippen LogP contribution in [-0.2, 0) is 16.0 Å². The minimum atomic E-state index is -1.12. The van der Waals surface area contributed by atoms with Crippen molar-refractivity contribution in [2.24, 2.45) is 5.92 Å². The third kappa shape index (κ3) is 3.46. The van der Waals surface area contributed by atoms with E-state index >= 15 is 0 Å². The average Bonchev–Trinajstić information content (AvgIpc) is 2.69. The third-order valence-corrected chi connectivity index (χ3v) is 2.01. The molecule has 0 radical (unpaired) electrons.